The molecule has 7 heteroatoms. The van der Waals surface area contributed by atoms with E-state index < -0.39 is 0 Å². The summed E-state index contributed by atoms with van der Waals surface area (Å²) >= 11 is 0. The van der Waals surface area contributed by atoms with Gasteiger partial charge in [0.15, 0.2) is 0 Å². The number of nitrogens with one attached hydrogen (secondary N) is 2. The fourth-order valence-electron chi connectivity index (χ4n) is 3.12. The summed E-state index contributed by atoms with van der Waals surface area (Å²) in [7, 11) is 0. The number of halogens is 2. The van der Waals surface area contributed by atoms with Gasteiger partial charge in [0.25, 0.3) is 0 Å². The minimum atomic E-state index is 0. The number of rotatable bonds is 5. The molecule has 2 aliphatic heterocycles. The van der Waals surface area contributed by atoms with Crippen molar-refractivity contribution < 1.29 is 9.53 Å². The summed E-state index contributed by atoms with van der Waals surface area (Å²) in [5, 5.41) is 6.47. The molecule has 0 aromatic carbocycles. The first kappa shape index (κ1) is 21.9. The van der Waals surface area contributed by atoms with Gasteiger partial charge in [0.2, 0.25) is 5.91 Å². The van der Waals surface area contributed by atoms with Crippen LogP contribution >= 0.6 is 24.8 Å². The van der Waals surface area contributed by atoms with Gasteiger partial charge >= 0.3 is 0 Å². The predicted molar refractivity (Wildman–Crippen MR) is 94.1 cm³/mol. The van der Waals surface area contributed by atoms with Crippen LogP contribution in [-0.2, 0) is 9.53 Å². The van der Waals surface area contributed by atoms with Gasteiger partial charge in [-0.1, -0.05) is 13.8 Å². The van der Waals surface area contributed by atoms with E-state index in [0.717, 1.165) is 58.8 Å². The molecule has 0 spiro atoms. The Morgan fingerprint density at radius 2 is 2.00 bits per heavy atom. The second-order valence-electron chi connectivity index (χ2n) is 6.25. The van der Waals surface area contributed by atoms with E-state index in [-0.39, 0.29) is 36.6 Å². The van der Waals surface area contributed by atoms with Gasteiger partial charge < -0.3 is 15.4 Å². The molecule has 2 heterocycles. The first-order valence-electron chi connectivity index (χ1n) is 7.98. The average molecular weight is 356 g/mol. The van der Waals surface area contributed by atoms with Crippen LogP contribution < -0.4 is 10.6 Å². The largest absolute Gasteiger partial charge is 0.379 e. The van der Waals surface area contributed by atoms with E-state index in [4.69, 9.17) is 4.74 Å². The van der Waals surface area contributed by atoms with Crippen molar-refractivity contribution in [3.05, 3.63) is 0 Å². The number of morpholine rings is 1. The quantitative estimate of drug-likeness (QED) is 0.780. The van der Waals surface area contributed by atoms with E-state index in [0.29, 0.717) is 12.0 Å². The maximum absolute atomic E-state index is 12.2. The first-order valence-corrected chi connectivity index (χ1v) is 7.98. The Morgan fingerprint density at radius 1 is 1.32 bits per heavy atom. The van der Waals surface area contributed by atoms with Crippen molar-refractivity contribution in [2.75, 3.05) is 45.9 Å². The van der Waals surface area contributed by atoms with Crippen molar-refractivity contribution >= 4 is 30.7 Å². The Morgan fingerprint density at radius 3 is 2.55 bits per heavy atom. The number of piperidine rings is 1. The van der Waals surface area contributed by atoms with Crippen molar-refractivity contribution in [3.8, 4) is 0 Å². The second-order valence-corrected chi connectivity index (χ2v) is 6.25. The molecule has 132 valence electrons. The van der Waals surface area contributed by atoms with Gasteiger partial charge in [-0.2, -0.15) is 0 Å². The van der Waals surface area contributed by atoms with Crippen molar-refractivity contribution in [2.24, 2.45) is 11.8 Å². The van der Waals surface area contributed by atoms with Gasteiger partial charge in [-0.3, -0.25) is 9.69 Å². The van der Waals surface area contributed by atoms with Gasteiger partial charge in [-0.15, -0.1) is 24.8 Å². The number of amides is 1. The molecule has 2 unspecified atom stereocenters. The lowest BCUT2D eigenvalue weighted by molar-refractivity contribution is -0.125. The van der Waals surface area contributed by atoms with Crippen molar-refractivity contribution in [1.82, 2.24) is 15.5 Å². The van der Waals surface area contributed by atoms with Crippen molar-refractivity contribution in [1.29, 1.82) is 0 Å². The molecule has 0 bridgehead atoms. The number of nitrogens with zero attached hydrogens (tertiary/aromatic N) is 1. The third-order valence-corrected chi connectivity index (χ3v) is 4.44. The monoisotopic (exact) mass is 355 g/mol. The molecular weight excluding hydrogens is 325 g/mol. The Kier molecular flexibility index (Phi) is 11.4. The molecule has 0 radical (unpaired) electrons. The topological polar surface area (TPSA) is 53.6 Å². The third-order valence-electron chi connectivity index (χ3n) is 4.44. The normalized spacial score (nSPS) is 24.0. The number of hydrogen-bond acceptors (Lipinski definition) is 4. The van der Waals surface area contributed by atoms with Crippen LogP contribution in [0.1, 0.15) is 26.7 Å². The number of carbonyl (C=O) groups is 1. The van der Waals surface area contributed by atoms with E-state index in [1.165, 1.54) is 0 Å². The minimum Gasteiger partial charge on any atom is -0.379 e. The lowest BCUT2D eigenvalue weighted by Gasteiger charge is -2.37. The average Bonchev–Trinajstić information content (AvgIpc) is 2.49. The Bertz CT molecular complexity index is 307. The third kappa shape index (κ3) is 6.59. The molecule has 2 rings (SSSR count). The standard InChI is InChI=1S/C15H29N3O2.2ClH/c1-12(2)14(18-6-8-20-9-7-18)11-17-15(19)13-4-3-5-16-10-13;;/h12-14,16H,3-11H2,1-2H3,(H,17,19);2*1H. The van der Waals surface area contributed by atoms with Crippen LogP contribution in [0, 0.1) is 11.8 Å². The fourth-order valence-corrected chi connectivity index (χ4v) is 3.12. The molecule has 0 saturated carbocycles. The lowest BCUT2D eigenvalue weighted by Crippen LogP contribution is -2.52. The molecule has 0 aromatic heterocycles. The zero-order valence-electron chi connectivity index (χ0n) is 13.7. The zero-order valence-corrected chi connectivity index (χ0v) is 15.3. The molecule has 5 nitrogen and oxygen atoms in total. The smallest absolute Gasteiger partial charge is 0.224 e. The summed E-state index contributed by atoms with van der Waals surface area (Å²) in [6.07, 6.45) is 2.12. The number of hydrogen-bond donors (Lipinski definition) is 2. The van der Waals surface area contributed by atoms with Crippen molar-refractivity contribution in [3.63, 3.8) is 0 Å². The first-order chi connectivity index (χ1) is 9.68. The summed E-state index contributed by atoms with van der Waals surface area (Å²) in [5.41, 5.74) is 0. The minimum absolute atomic E-state index is 0. The molecule has 0 aromatic rings. The summed E-state index contributed by atoms with van der Waals surface area (Å²) in [6, 6.07) is 0.416. The fraction of sp³-hybridized carbons (Fsp3) is 0.933. The van der Waals surface area contributed by atoms with Crippen LogP contribution in [0.15, 0.2) is 0 Å². The Hall–Kier alpha value is -0.0700. The Balaban J connectivity index is 0.00000220. The molecule has 2 fully saturated rings. The maximum Gasteiger partial charge on any atom is 0.224 e. The highest BCUT2D eigenvalue weighted by Gasteiger charge is 2.26. The number of carbonyl (C=O) groups excluding carboxylic acids is 1. The summed E-state index contributed by atoms with van der Waals surface area (Å²) in [4.78, 5) is 14.7. The molecule has 1 amide bonds. The molecule has 2 N–H and O–H groups in total. The second kappa shape index (κ2) is 11.5. The molecule has 0 aliphatic carbocycles. The molecule has 2 atom stereocenters. The van der Waals surface area contributed by atoms with Gasteiger partial charge in [-0.05, 0) is 25.3 Å². The van der Waals surface area contributed by atoms with Crippen LogP contribution in [-0.4, -0.2) is 62.8 Å². The van der Waals surface area contributed by atoms with Crippen LogP contribution in [0.3, 0.4) is 0 Å². The van der Waals surface area contributed by atoms with Gasteiger partial charge in [0.1, 0.15) is 0 Å². The van der Waals surface area contributed by atoms with E-state index >= 15 is 0 Å². The van der Waals surface area contributed by atoms with Gasteiger partial charge in [0.05, 0.1) is 19.1 Å². The highest BCUT2D eigenvalue weighted by molar-refractivity contribution is 5.85. The van der Waals surface area contributed by atoms with Crippen molar-refractivity contribution in [2.45, 2.75) is 32.7 Å². The van der Waals surface area contributed by atoms with Crippen LogP contribution in [0.2, 0.25) is 0 Å². The van der Waals surface area contributed by atoms with Crippen LogP contribution in [0.5, 0.6) is 0 Å². The molecular formula is C15H31Cl2N3O2. The zero-order chi connectivity index (χ0) is 14.4. The number of ether oxygens (including phenoxy) is 1. The van der Waals surface area contributed by atoms with Gasteiger partial charge in [-0.25, -0.2) is 0 Å². The lowest BCUT2D eigenvalue weighted by atomic mass is 9.97. The Labute approximate surface area is 146 Å². The predicted octanol–water partition coefficient (Wildman–Crippen LogP) is 1.30. The maximum atomic E-state index is 12.2. The van der Waals surface area contributed by atoms with E-state index in [1.807, 2.05) is 0 Å². The summed E-state index contributed by atoms with van der Waals surface area (Å²) in [6.45, 7) is 10.7. The van der Waals surface area contributed by atoms with Crippen LogP contribution in [0.25, 0.3) is 0 Å². The highest BCUT2D eigenvalue weighted by atomic mass is 35.5. The molecule has 22 heavy (non-hydrogen) atoms. The SMILES string of the molecule is CC(C)C(CNC(=O)C1CCCNC1)N1CCOCC1.Cl.Cl. The molecule has 2 saturated heterocycles. The van der Waals surface area contributed by atoms with E-state index in [2.05, 4.69) is 29.4 Å². The summed E-state index contributed by atoms with van der Waals surface area (Å²) in [5.74, 6) is 0.912. The van der Waals surface area contributed by atoms with E-state index in [1.54, 1.807) is 0 Å². The van der Waals surface area contributed by atoms with Crippen LogP contribution in [0.4, 0.5) is 0 Å². The van der Waals surface area contributed by atoms with E-state index in [9.17, 15) is 4.79 Å². The van der Waals surface area contributed by atoms with Gasteiger partial charge in [0, 0.05) is 32.2 Å². The molecule has 2 aliphatic rings. The summed E-state index contributed by atoms with van der Waals surface area (Å²) < 4.78 is 5.41. The highest BCUT2D eigenvalue weighted by Crippen LogP contribution is 2.14.